The first-order chi connectivity index (χ1) is 17.3. The molecule has 37 heavy (non-hydrogen) atoms. The lowest BCUT2D eigenvalue weighted by Crippen LogP contribution is -2.43. The molecule has 0 aromatic carbocycles. The van der Waals surface area contributed by atoms with E-state index in [2.05, 4.69) is 85.2 Å². The zero-order valence-electron chi connectivity index (χ0n) is 24.6. The van der Waals surface area contributed by atoms with Crippen LogP contribution in [0.15, 0.2) is 96.7 Å². The second-order valence-corrected chi connectivity index (χ2v) is 10.5. The Labute approximate surface area is 226 Å². The molecule has 0 radical (unpaired) electrons. The normalized spacial score (nSPS) is 14.1. The molecule has 1 amide bonds. The van der Waals surface area contributed by atoms with Crippen molar-refractivity contribution in [3.05, 3.63) is 96.7 Å². The molecule has 202 valence electrons. The largest absolute Gasteiger partial charge is 0.384 e. The van der Waals surface area contributed by atoms with Gasteiger partial charge >= 0.3 is 0 Å². The minimum absolute atomic E-state index is 0.0306. The maximum atomic E-state index is 12.9. The van der Waals surface area contributed by atoms with Gasteiger partial charge in [0.1, 0.15) is 0 Å². The van der Waals surface area contributed by atoms with Gasteiger partial charge in [-0.3, -0.25) is 4.79 Å². The maximum Gasteiger partial charge on any atom is 0.253 e. The van der Waals surface area contributed by atoms with Crippen molar-refractivity contribution < 1.29 is 4.79 Å². The van der Waals surface area contributed by atoms with Crippen LogP contribution in [0.2, 0.25) is 0 Å². The number of nitrogens with zero attached hydrogens (tertiary/aromatic N) is 3. The van der Waals surface area contributed by atoms with Crippen LogP contribution in [0.4, 0.5) is 0 Å². The van der Waals surface area contributed by atoms with Crippen molar-refractivity contribution in [3.8, 4) is 6.07 Å². The molecule has 0 aliphatic rings. The van der Waals surface area contributed by atoms with Gasteiger partial charge in [0.25, 0.3) is 5.91 Å². The Bertz CT molecular complexity index is 1000. The SMILES string of the molecule is C=C/C(=C\C=C\C#N)C(=O)N(CC)CCC(C)(C)N/C(C)=C/C=C(\C=C(/C)N(C=C)/C=C\C)C(C)(C)C. The van der Waals surface area contributed by atoms with Gasteiger partial charge in [-0.1, -0.05) is 58.2 Å². The van der Waals surface area contributed by atoms with Gasteiger partial charge in [-0.2, -0.15) is 5.26 Å². The number of rotatable bonds is 14. The molecular formula is C32H48N4O. The fourth-order valence-corrected chi connectivity index (χ4v) is 3.57. The van der Waals surface area contributed by atoms with E-state index in [-0.39, 0.29) is 16.9 Å². The molecule has 0 saturated carbocycles. The van der Waals surface area contributed by atoms with E-state index in [0.717, 1.165) is 17.8 Å². The number of hydrogen-bond donors (Lipinski definition) is 1. The average molecular weight is 505 g/mol. The van der Waals surface area contributed by atoms with Crippen molar-refractivity contribution >= 4 is 5.91 Å². The highest BCUT2D eigenvalue weighted by molar-refractivity contribution is 5.96. The lowest BCUT2D eigenvalue weighted by Gasteiger charge is -2.31. The summed E-state index contributed by atoms with van der Waals surface area (Å²) in [6, 6.07) is 1.93. The molecule has 1 N–H and O–H groups in total. The van der Waals surface area contributed by atoms with Gasteiger partial charge in [0, 0.05) is 54.1 Å². The Morgan fingerprint density at radius 2 is 1.73 bits per heavy atom. The van der Waals surface area contributed by atoms with Crippen LogP contribution in [0.5, 0.6) is 0 Å². The summed E-state index contributed by atoms with van der Waals surface area (Å²) in [5.41, 5.74) is 3.57. The van der Waals surface area contributed by atoms with Gasteiger partial charge in [0.15, 0.2) is 0 Å². The number of carbonyl (C=O) groups excluding carboxylic acids is 1. The molecule has 0 heterocycles. The molecule has 5 heteroatoms. The fraction of sp³-hybridized carbons (Fsp3) is 0.438. The van der Waals surface area contributed by atoms with E-state index in [0.29, 0.717) is 18.7 Å². The molecule has 0 spiro atoms. The van der Waals surface area contributed by atoms with Crippen LogP contribution in [-0.2, 0) is 4.79 Å². The molecule has 0 fully saturated rings. The molecule has 5 nitrogen and oxygen atoms in total. The Balaban J connectivity index is 5.63. The molecule has 0 saturated heterocycles. The molecule has 0 aromatic heterocycles. The summed E-state index contributed by atoms with van der Waals surface area (Å²) in [5.74, 6) is -0.0884. The predicted molar refractivity (Wildman–Crippen MR) is 159 cm³/mol. The predicted octanol–water partition coefficient (Wildman–Crippen LogP) is 7.54. The highest BCUT2D eigenvalue weighted by Gasteiger charge is 2.22. The van der Waals surface area contributed by atoms with E-state index in [1.165, 1.54) is 17.7 Å². The minimum Gasteiger partial charge on any atom is -0.384 e. The molecule has 0 unspecified atom stereocenters. The van der Waals surface area contributed by atoms with Crippen molar-refractivity contribution in [2.24, 2.45) is 5.41 Å². The molecule has 0 aliphatic carbocycles. The topological polar surface area (TPSA) is 59.4 Å². The van der Waals surface area contributed by atoms with Crippen molar-refractivity contribution in [1.29, 1.82) is 5.26 Å². The number of hydrogen-bond acceptors (Lipinski definition) is 4. The van der Waals surface area contributed by atoms with Crippen LogP contribution in [-0.4, -0.2) is 34.3 Å². The zero-order chi connectivity index (χ0) is 28.6. The van der Waals surface area contributed by atoms with Gasteiger partial charge in [-0.15, -0.1) is 0 Å². The summed E-state index contributed by atoms with van der Waals surface area (Å²) in [5, 5.41) is 12.3. The minimum atomic E-state index is -0.222. The van der Waals surface area contributed by atoms with Gasteiger partial charge in [0.05, 0.1) is 6.07 Å². The number of likely N-dealkylation sites (N-methyl/N-ethyl adjacent to an activating group) is 1. The highest BCUT2D eigenvalue weighted by atomic mass is 16.2. The summed E-state index contributed by atoms with van der Waals surface area (Å²) in [6.45, 7) is 27.8. The van der Waals surface area contributed by atoms with Gasteiger partial charge in [-0.25, -0.2) is 0 Å². The molecule has 0 aromatic rings. The molecule has 0 rings (SSSR count). The van der Waals surface area contributed by atoms with Crippen LogP contribution in [0.25, 0.3) is 0 Å². The van der Waals surface area contributed by atoms with E-state index >= 15 is 0 Å². The second kappa shape index (κ2) is 16.3. The monoisotopic (exact) mass is 504 g/mol. The van der Waals surface area contributed by atoms with Crippen LogP contribution < -0.4 is 5.32 Å². The Morgan fingerprint density at radius 1 is 1.08 bits per heavy atom. The highest BCUT2D eigenvalue weighted by Crippen LogP contribution is 2.28. The van der Waals surface area contributed by atoms with Crippen molar-refractivity contribution in [3.63, 3.8) is 0 Å². The van der Waals surface area contributed by atoms with Crippen molar-refractivity contribution in [2.45, 2.75) is 74.3 Å². The third-order valence-corrected chi connectivity index (χ3v) is 5.78. The first-order valence-electron chi connectivity index (χ1n) is 12.8. The van der Waals surface area contributed by atoms with E-state index in [1.54, 1.807) is 23.3 Å². The van der Waals surface area contributed by atoms with Crippen LogP contribution in [0, 0.1) is 16.7 Å². The number of nitriles is 1. The first-order valence-corrected chi connectivity index (χ1v) is 12.8. The van der Waals surface area contributed by atoms with Gasteiger partial charge < -0.3 is 15.1 Å². The quantitative estimate of drug-likeness (QED) is 0.151. The zero-order valence-corrected chi connectivity index (χ0v) is 24.6. The number of carbonyl (C=O) groups is 1. The van der Waals surface area contributed by atoms with Crippen molar-refractivity contribution in [2.75, 3.05) is 13.1 Å². The van der Waals surface area contributed by atoms with Gasteiger partial charge in [-0.05, 0) is 77.2 Å². The summed E-state index contributed by atoms with van der Waals surface area (Å²) in [7, 11) is 0. The first kappa shape index (κ1) is 33.5. The lowest BCUT2D eigenvalue weighted by atomic mass is 9.85. The van der Waals surface area contributed by atoms with Crippen LogP contribution in [0.1, 0.15) is 68.7 Å². The Hall–Kier alpha value is -3.52. The van der Waals surface area contributed by atoms with Crippen LogP contribution in [0.3, 0.4) is 0 Å². The fourth-order valence-electron chi connectivity index (χ4n) is 3.57. The third-order valence-electron chi connectivity index (χ3n) is 5.78. The number of nitrogens with one attached hydrogen (secondary N) is 1. The molecular weight excluding hydrogens is 456 g/mol. The smallest absolute Gasteiger partial charge is 0.253 e. The standard InChI is InChI=1S/C32H48N4O/c1-12-23-35(14-3)27(6)25-29(31(7,8)9)20-19-26(5)34-32(10,11)21-24-36(15-4)30(37)28(13-2)18-16-17-22-33/h12-14,16-20,23,25,34H,2-3,15,21,24H2,1,4-11H3/b17-16+,23-12-,26-19+,27-25+,28-18+,29-20+. The lowest BCUT2D eigenvalue weighted by molar-refractivity contribution is -0.126. The summed E-state index contributed by atoms with van der Waals surface area (Å²) in [6.07, 6.45) is 19.1. The average Bonchev–Trinajstić information content (AvgIpc) is 2.81. The summed E-state index contributed by atoms with van der Waals surface area (Å²) >= 11 is 0. The Kier molecular flexibility index (Phi) is 14.7. The Morgan fingerprint density at radius 3 is 2.22 bits per heavy atom. The number of amides is 1. The van der Waals surface area contributed by atoms with Crippen molar-refractivity contribution in [1.82, 2.24) is 15.1 Å². The second-order valence-electron chi connectivity index (χ2n) is 10.5. The maximum absolute atomic E-state index is 12.9. The molecule has 0 atom stereocenters. The van der Waals surface area contributed by atoms with E-state index in [9.17, 15) is 4.79 Å². The summed E-state index contributed by atoms with van der Waals surface area (Å²) in [4.78, 5) is 16.7. The van der Waals surface area contributed by atoms with Crippen LogP contribution >= 0.6 is 0 Å². The third kappa shape index (κ3) is 12.8. The van der Waals surface area contributed by atoms with E-state index in [4.69, 9.17) is 5.26 Å². The molecule has 0 bridgehead atoms. The molecule has 0 aliphatic heterocycles. The number of allylic oxidation sites excluding steroid dienone is 10. The van der Waals surface area contributed by atoms with E-state index < -0.39 is 0 Å². The van der Waals surface area contributed by atoms with Gasteiger partial charge in [0.2, 0.25) is 0 Å². The van der Waals surface area contributed by atoms with E-state index in [1.807, 2.05) is 37.1 Å². The summed E-state index contributed by atoms with van der Waals surface area (Å²) < 4.78 is 0.